The van der Waals surface area contributed by atoms with Gasteiger partial charge in [0.25, 0.3) is 5.91 Å². The minimum Gasteiger partial charge on any atom is -0.493 e. The molecule has 1 aliphatic rings. The Morgan fingerprint density at radius 3 is 2.03 bits per heavy atom. The number of rotatable bonds is 8. The normalized spacial score (nSPS) is 17.0. The highest BCUT2D eigenvalue weighted by molar-refractivity contribution is 7.91. The molecule has 1 aliphatic heterocycles. The minimum atomic E-state index is -3.17. The molecule has 0 N–H and O–H groups in total. The van der Waals surface area contributed by atoms with E-state index in [1.165, 1.54) is 21.3 Å². The molecule has 0 aliphatic carbocycles. The van der Waals surface area contributed by atoms with E-state index in [0.717, 1.165) is 11.3 Å². The first-order valence-corrected chi connectivity index (χ1v) is 12.1. The molecule has 0 aromatic heterocycles. The zero-order valence-electron chi connectivity index (χ0n) is 19.1. The van der Waals surface area contributed by atoms with Crippen molar-refractivity contribution in [3.63, 3.8) is 0 Å². The van der Waals surface area contributed by atoms with Crippen LogP contribution >= 0.6 is 0 Å². The Kier molecular flexibility index (Phi) is 7.18. The average Bonchev–Trinajstić information content (AvgIpc) is 3.15. The van der Waals surface area contributed by atoms with E-state index in [-0.39, 0.29) is 17.4 Å². The number of sulfone groups is 1. The lowest BCUT2D eigenvalue weighted by molar-refractivity contribution is 0.0680. The van der Waals surface area contributed by atoms with E-state index < -0.39 is 15.9 Å². The van der Waals surface area contributed by atoms with Gasteiger partial charge in [-0.2, -0.15) is 0 Å². The van der Waals surface area contributed by atoms with Gasteiger partial charge in [-0.05, 0) is 36.2 Å². The largest absolute Gasteiger partial charge is 0.493 e. The monoisotopic (exact) mass is 462 g/mol. The number of nitrogens with zero attached hydrogens (tertiary/aromatic N) is 2. The molecule has 174 valence electrons. The van der Waals surface area contributed by atoms with Gasteiger partial charge in [0.05, 0.1) is 32.8 Å². The molecule has 1 fully saturated rings. The van der Waals surface area contributed by atoms with Gasteiger partial charge >= 0.3 is 0 Å². The first kappa shape index (κ1) is 23.7. The smallest absolute Gasteiger partial charge is 0.254 e. The number of carbonyl (C=O) groups excluding carboxylic acids is 1. The maximum absolute atomic E-state index is 13.6. The summed E-state index contributed by atoms with van der Waals surface area (Å²) >= 11 is 0. The second kappa shape index (κ2) is 9.68. The summed E-state index contributed by atoms with van der Waals surface area (Å²) in [5.41, 5.74) is 2.30. The van der Waals surface area contributed by atoms with Gasteiger partial charge < -0.3 is 24.0 Å². The lowest BCUT2D eigenvalue weighted by atomic mass is 10.1. The first-order valence-electron chi connectivity index (χ1n) is 10.3. The van der Waals surface area contributed by atoms with E-state index >= 15 is 0 Å². The zero-order chi connectivity index (χ0) is 23.5. The molecular formula is C23H30N2O6S. The molecule has 9 heteroatoms. The summed E-state index contributed by atoms with van der Waals surface area (Å²) in [7, 11) is 5.21. The van der Waals surface area contributed by atoms with Gasteiger partial charge in [-0.1, -0.05) is 12.1 Å². The number of methoxy groups -OCH3 is 3. The van der Waals surface area contributed by atoms with Crippen LogP contribution in [0.15, 0.2) is 36.4 Å². The van der Waals surface area contributed by atoms with Gasteiger partial charge in [0.1, 0.15) is 0 Å². The van der Waals surface area contributed by atoms with Crippen molar-refractivity contribution in [2.45, 2.75) is 19.0 Å². The Morgan fingerprint density at radius 1 is 1.00 bits per heavy atom. The molecule has 32 heavy (non-hydrogen) atoms. The molecule has 2 aromatic rings. The van der Waals surface area contributed by atoms with E-state index in [9.17, 15) is 13.2 Å². The van der Waals surface area contributed by atoms with Crippen LogP contribution in [0.3, 0.4) is 0 Å². The minimum absolute atomic E-state index is 0.0427. The topological polar surface area (TPSA) is 85.4 Å². The summed E-state index contributed by atoms with van der Waals surface area (Å²) < 4.78 is 40.4. The van der Waals surface area contributed by atoms with Crippen molar-refractivity contribution in [1.29, 1.82) is 0 Å². The fourth-order valence-electron chi connectivity index (χ4n) is 3.85. The van der Waals surface area contributed by atoms with Crippen LogP contribution in [0.5, 0.6) is 17.2 Å². The van der Waals surface area contributed by atoms with E-state index in [2.05, 4.69) is 0 Å². The maximum Gasteiger partial charge on any atom is 0.254 e. The maximum atomic E-state index is 13.6. The molecule has 2 aromatic carbocycles. The van der Waals surface area contributed by atoms with E-state index in [1.807, 2.05) is 43.3 Å². The second-order valence-corrected chi connectivity index (χ2v) is 10.2. The summed E-state index contributed by atoms with van der Waals surface area (Å²) in [6.07, 6.45) is 0.411. The number of hydrogen-bond donors (Lipinski definition) is 0. The number of carbonyl (C=O) groups is 1. The van der Waals surface area contributed by atoms with Gasteiger partial charge in [-0.15, -0.1) is 0 Å². The van der Waals surface area contributed by atoms with E-state index in [0.29, 0.717) is 35.8 Å². The molecule has 1 heterocycles. The number of amides is 1. The Labute approximate surface area is 189 Å². The third-order valence-electron chi connectivity index (χ3n) is 5.63. The summed E-state index contributed by atoms with van der Waals surface area (Å²) in [6.45, 7) is 0.295. The number of anilines is 1. The highest BCUT2D eigenvalue weighted by Gasteiger charge is 2.35. The van der Waals surface area contributed by atoms with Crippen molar-refractivity contribution in [1.82, 2.24) is 4.90 Å². The molecule has 0 spiro atoms. The van der Waals surface area contributed by atoms with Crippen LogP contribution in [0.2, 0.25) is 0 Å². The van der Waals surface area contributed by atoms with Gasteiger partial charge in [-0.25, -0.2) is 8.42 Å². The first-order chi connectivity index (χ1) is 15.2. The average molecular weight is 463 g/mol. The van der Waals surface area contributed by atoms with Gasteiger partial charge in [0.15, 0.2) is 21.3 Å². The Balaban J connectivity index is 1.98. The zero-order valence-corrected chi connectivity index (χ0v) is 19.9. The van der Waals surface area contributed by atoms with Crippen LogP contribution in [0, 0.1) is 0 Å². The summed E-state index contributed by atoms with van der Waals surface area (Å²) in [5, 5.41) is 0. The van der Waals surface area contributed by atoms with Crippen LogP contribution in [0.25, 0.3) is 0 Å². The standard InChI is InChI=1S/C23H30N2O6S/c1-24(2)18-8-6-16(7-9-18)14-25(19-10-11-32(27,28)15-19)23(26)17-12-20(29-3)22(31-5)21(13-17)30-4/h6-9,12-13,19H,10-11,14-15H2,1-5H3/t19-/m0/s1. The predicted molar refractivity (Wildman–Crippen MR) is 124 cm³/mol. The molecular weight excluding hydrogens is 432 g/mol. The lowest BCUT2D eigenvalue weighted by Gasteiger charge is -2.29. The third-order valence-corrected chi connectivity index (χ3v) is 7.38. The van der Waals surface area contributed by atoms with E-state index in [4.69, 9.17) is 14.2 Å². The molecule has 1 atom stereocenters. The highest BCUT2D eigenvalue weighted by Crippen LogP contribution is 2.39. The highest BCUT2D eigenvalue weighted by atomic mass is 32.2. The van der Waals surface area contributed by atoms with Crippen LogP contribution in [-0.2, 0) is 16.4 Å². The second-order valence-electron chi connectivity index (χ2n) is 7.96. The fourth-order valence-corrected chi connectivity index (χ4v) is 5.59. The molecule has 0 bridgehead atoms. The SMILES string of the molecule is COc1cc(C(=O)N(Cc2ccc(N(C)C)cc2)[C@H]2CCS(=O)(=O)C2)cc(OC)c1OC. The van der Waals surface area contributed by atoms with Gasteiger partial charge in [0, 0.05) is 37.9 Å². The summed E-state index contributed by atoms with van der Waals surface area (Å²) in [6, 6.07) is 10.6. The quantitative estimate of drug-likeness (QED) is 0.596. The summed E-state index contributed by atoms with van der Waals surface area (Å²) in [5.74, 6) is 0.868. The molecule has 0 unspecified atom stereocenters. The molecule has 0 saturated carbocycles. The van der Waals surface area contributed by atoms with Crippen LogP contribution < -0.4 is 19.1 Å². The van der Waals surface area contributed by atoms with Crippen LogP contribution in [0.4, 0.5) is 5.69 Å². The van der Waals surface area contributed by atoms with Crippen molar-refractivity contribution in [3.8, 4) is 17.2 Å². The molecule has 1 saturated heterocycles. The van der Waals surface area contributed by atoms with Crippen molar-refractivity contribution in [2.75, 3.05) is 51.8 Å². The Bertz CT molecular complexity index is 1040. The predicted octanol–water partition coefficient (Wildman–Crippen LogP) is 2.61. The summed E-state index contributed by atoms with van der Waals surface area (Å²) in [4.78, 5) is 17.3. The third kappa shape index (κ3) is 5.09. The van der Waals surface area contributed by atoms with Crippen molar-refractivity contribution >= 4 is 21.4 Å². The van der Waals surface area contributed by atoms with Crippen molar-refractivity contribution < 1.29 is 27.4 Å². The number of ether oxygens (including phenoxy) is 3. The van der Waals surface area contributed by atoms with Crippen molar-refractivity contribution in [2.24, 2.45) is 0 Å². The molecule has 0 radical (unpaired) electrons. The van der Waals surface area contributed by atoms with Crippen molar-refractivity contribution in [3.05, 3.63) is 47.5 Å². The number of benzene rings is 2. The number of hydrogen-bond acceptors (Lipinski definition) is 7. The molecule has 8 nitrogen and oxygen atoms in total. The molecule has 3 rings (SSSR count). The van der Waals surface area contributed by atoms with E-state index in [1.54, 1.807) is 17.0 Å². The molecule has 1 amide bonds. The lowest BCUT2D eigenvalue weighted by Crippen LogP contribution is -2.40. The van der Waals surface area contributed by atoms with Gasteiger partial charge in [0.2, 0.25) is 5.75 Å². The Morgan fingerprint density at radius 2 is 1.59 bits per heavy atom. The van der Waals surface area contributed by atoms with Gasteiger partial charge in [-0.3, -0.25) is 4.79 Å². The van der Waals surface area contributed by atoms with Crippen LogP contribution in [0.1, 0.15) is 22.3 Å². The van der Waals surface area contributed by atoms with Crippen LogP contribution in [-0.4, -0.2) is 72.2 Å². The Hall–Kier alpha value is -2.94. The fraction of sp³-hybridized carbons (Fsp3) is 0.435.